The highest BCUT2D eigenvalue weighted by atomic mass is 32.2. The Kier molecular flexibility index (Phi) is 5.84. The second kappa shape index (κ2) is 7.92. The zero-order valence-corrected chi connectivity index (χ0v) is 19.0. The smallest absolute Gasteiger partial charge is 0.186 e. The number of H-pyrrole nitrogens is 1. The van der Waals surface area contributed by atoms with Gasteiger partial charge in [-0.05, 0) is 65.1 Å². The normalized spacial score (nSPS) is 13.4. The molecule has 1 heterocycles. The largest absolute Gasteiger partial charge is 0.490 e. The van der Waals surface area contributed by atoms with Crippen molar-refractivity contribution >= 4 is 32.1 Å². The molecule has 0 amide bonds. The minimum absolute atomic E-state index is 0.00184. The van der Waals surface area contributed by atoms with Gasteiger partial charge in [0.2, 0.25) is 0 Å². The third-order valence-corrected chi connectivity index (χ3v) is 7.54. The van der Waals surface area contributed by atoms with E-state index in [4.69, 9.17) is 4.74 Å². The lowest BCUT2D eigenvalue weighted by Gasteiger charge is -2.23. The molecule has 0 spiro atoms. The van der Waals surface area contributed by atoms with E-state index >= 15 is 0 Å². The van der Waals surface area contributed by atoms with Gasteiger partial charge in [-0.2, -0.15) is 5.10 Å². The van der Waals surface area contributed by atoms with Gasteiger partial charge in [0, 0.05) is 22.3 Å². The van der Waals surface area contributed by atoms with Gasteiger partial charge in [0.1, 0.15) is 17.3 Å². The molecule has 0 aliphatic carbocycles. The molecule has 0 saturated heterocycles. The summed E-state index contributed by atoms with van der Waals surface area (Å²) in [6.07, 6.45) is -0.718. The van der Waals surface area contributed by atoms with Gasteiger partial charge in [0.25, 0.3) is 0 Å². The van der Waals surface area contributed by atoms with Crippen LogP contribution in [-0.2, 0) is 9.84 Å². The minimum Gasteiger partial charge on any atom is -0.490 e. The van der Waals surface area contributed by atoms with Crippen molar-refractivity contribution in [2.24, 2.45) is 0 Å². The Hall–Kier alpha value is -2.58. The van der Waals surface area contributed by atoms with Gasteiger partial charge in [0.05, 0.1) is 10.9 Å². The average Bonchev–Trinajstić information content (AvgIpc) is 2.97. The van der Waals surface area contributed by atoms with Gasteiger partial charge >= 0.3 is 0 Å². The van der Waals surface area contributed by atoms with Crippen molar-refractivity contribution in [3.05, 3.63) is 41.6 Å². The Morgan fingerprint density at radius 3 is 2.50 bits per heavy atom. The number of aliphatic hydroxyl groups is 1. The second-order valence-electron chi connectivity index (χ2n) is 8.55. The van der Waals surface area contributed by atoms with Gasteiger partial charge in [-0.25, -0.2) is 8.42 Å². The third-order valence-electron chi connectivity index (χ3n) is 5.03. The van der Waals surface area contributed by atoms with Crippen LogP contribution >= 0.6 is 0 Å². The fourth-order valence-corrected chi connectivity index (χ4v) is 4.31. The van der Waals surface area contributed by atoms with Crippen molar-refractivity contribution in [2.45, 2.75) is 57.3 Å². The number of sulfone groups is 1. The Morgan fingerprint density at radius 1 is 1.23 bits per heavy atom. The summed E-state index contributed by atoms with van der Waals surface area (Å²) in [4.78, 5) is 0.104. The Morgan fingerprint density at radius 2 is 1.93 bits per heavy atom. The number of ether oxygens (including phenoxy) is 1. The van der Waals surface area contributed by atoms with Crippen LogP contribution < -0.4 is 10.1 Å². The Bertz CT molecular complexity index is 1180. The molecule has 0 bridgehead atoms. The van der Waals surface area contributed by atoms with Crippen LogP contribution in [0.5, 0.6) is 5.75 Å². The molecule has 162 valence electrons. The topological polar surface area (TPSA) is 104 Å². The summed E-state index contributed by atoms with van der Waals surface area (Å²) in [5.41, 5.74) is 2.70. The van der Waals surface area contributed by atoms with E-state index in [1.165, 1.54) is 0 Å². The summed E-state index contributed by atoms with van der Waals surface area (Å²) in [7, 11) is -3.70. The van der Waals surface area contributed by atoms with Gasteiger partial charge < -0.3 is 15.2 Å². The number of anilines is 2. The van der Waals surface area contributed by atoms with Crippen molar-refractivity contribution in [3.8, 4) is 5.75 Å². The van der Waals surface area contributed by atoms with Crippen molar-refractivity contribution in [1.82, 2.24) is 10.2 Å². The van der Waals surface area contributed by atoms with Crippen molar-refractivity contribution in [1.29, 1.82) is 0 Å². The first-order valence-corrected chi connectivity index (χ1v) is 11.3. The van der Waals surface area contributed by atoms with E-state index in [0.29, 0.717) is 5.82 Å². The molecular weight excluding hydrogens is 402 g/mol. The van der Waals surface area contributed by atoms with E-state index in [1.54, 1.807) is 39.8 Å². The lowest BCUT2D eigenvalue weighted by Crippen LogP contribution is -2.28. The molecule has 8 heteroatoms. The van der Waals surface area contributed by atoms with E-state index in [1.807, 2.05) is 32.0 Å². The van der Waals surface area contributed by atoms with Gasteiger partial charge in [-0.15, -0.1) is 0 Å². The third kappa shape index (κ3) is 4.15. The maximum atomic E-state index is 13.3. The van der Waals surface area contributed by atoms with Crippen molar-refractivity contribution < 1.29 is 18.3 Å². The summed E-state index contributed by atoms with van der Waals surface area (Å²) < 4.78 is 31.3. The summed E-state index contributed by atoms with van der Waals surface area (Å²) in [5.74, 6) is 0.928. The fourth-order valence-electron chi connectivity index (χ4n) is 2.99. The van der Waals surface area contributed by atoms with Crippen LogP contribution in [0.2, 0.25) is 0 Å². The average molecular weight is 432 g/mol. The summed E-state index contributed by atoms with van der Waals surface area (Å²) in [6, 6.07) is 9.02. The number of aromatic amines is 1. The number of nitrogens with zero attached hydrogens (tertiary/aromatic N) is 1. The highest BCUT2D eigenvalue weighted by molar-refractivity contribution is 7.92. The number of benzene rings is 2. The highest BCUT2D eigenvalue weighted by Crippen LogP contribution is 2.38. The number of rotatable bonds is 6. The van der Waals surface area contributed by atoms with Gasteiger partial charge in [-0.3, -0.25) is 5.10 Å². The molecule has 0 fully saturated rings. The molecule has 2 aromatic carbocycles. The highest BCUT2D eigenvalue weighted by Gasteiger charge is 2.34. The zero-order valence-electron chi connectivity index (χ0n) is 18.2. The molecule has 1 aromatic heterocycles. The van der Waals surface area contributed by atoms with Crippen LogP contribution in [-0.4, -0.2) is 41.2 Å². The van der Waals surface area contributed by atoms with Crippen LogP contribution in [0.25, 0.3) is 10.8 Å². The van der Waals surface area contributed by atoms with Crippen LogP contribution in [0.1, 0.15) is 39.0 Å². The molecule has 0 saturated carbocycles. The Labute approximate surface area is 177 Å². The monoisotopic (exact) mass is 431 g/mol. The maximum Gasteiger partial charge on any atom is 0.186 e. The van der Waals surface area contributed by atoms with E-state index in [0.717, 1.165) is 27.7 Å². The van der Waals surface area contributed by atoms with Crippen LogP contribution in [0.4, 0.5) is 11.5 Å². The molecule has 1 atom stereocenters. The number of hydrogen-bond acceptors (Lipinski definition) is 6. The second-order valence-corrected chi connectivity index (χ2v) is 11.2. The fraction of sp³-hybridized carbons (Fsp3) is 0.409. The standard InChI is InChI=1S/C22H29N3O4S/c1-13(26)12-29-19-10-16-8-7-9-18(23-21-14(2)15(3)24-25-21)17(16)11-20(19)30(27,28)22(4,5)6/h7-11,13,26H,12H2,1-6H3,(H2,23,24,25)/t13-/m0/s1. The molecule has 3 rings (SSSR count). The zero-order chi connectivity index (χ0) is 22.3. The van der Waals surface area contributed by atoms with Crippen molar-refractivity contribution in [3.63, 3.8) is 0 Å². The lowest BCUT2D eigenvalue weighted by molar-refractivity contribution is 0.121. The molecule has 3 aromatic rings. The first kappa shape index (κ1) is 22.1. The number of aryl methyl sites for hydroxylation is 1. The molecule has 0 unspecified atom stereocenters. The number of aliphatic hydroxyl groups excluding tert-OH is 1. The number of nitrogens with one attached hydrogen (secondary N) is 2. The van der Waals surface area contributed by atoms with Gasteiger partial charge in [-0.1, -0.05) is 12.1 Å². The molecule has 30 heavy (non-hydrogen) atoms. The van der Waals surface area contributed by atoms with Gasteiger partial charge in [0.15, 0.2) is 15.7 Å². The minimum atomic E-state index is -3.70. The predicted octanol–water partition coefficient (Wildman–Crippen LogP) is 4.26. The number of fused-ring (bicyclic) bond motifs is 1. The molecule has 0 aliphatic rings. The number of aromatic nitrogens is 2. The Balaban J connectivity index is 2.21. The first-order chi connectivity index (χ1) is 13.9. The molecule has 3 N–H and O–H groups in total. The van der Waals surface area contributed by atoms with Crippen molar-refractivity contribution in [2.75, 3.05) is 11.9 Å². The lowest BCUT2D eigenvalue weighted by atomic mass is 10.1. The maximum absolute atomic E-state index is 13.3. The molecule has 0 aliphatic heterocycles. The van der Waals surface area contributed by atoms with Crippen LogP contribution in [0.15, 0.2) is 35.2 Å². The van der Waals surface area contributed by atoms with E-state index in [2.05, 4.69) is 15.5 Å². The number of hydrogen-bond donors (Lipinski definition) is 3. The summed E-state index contributed by atoms with van der Waals surface area (Å²) >= 11 is 0. The van der Waals surface area contributed by atoms with E-state index < -0.39 is 20.7 Å². The SMILES string of the molecule is Cc1[nH]nc(Nc2cccc3cc(OC[C@H](C)O)c(S(=O)(=O)C(C)(C)C)cc23)c1C. The first-order valence-electron chi connectivity index (χ1n) is 9.82. The summed E-state index contributed by atoms with van der Waals surface area (Å²) in [6.45, 7) is 10.5. The summed E-state index contributed by atoms with van der Waals surface area (Å²) in [5, 5.41) is 21.7. The molecular formula is C22H29N3O4S. The van der Waals surface area contributed by atoms with Crippen LogP contribution in [0, 0.1) is 13.8 Å². The molecule has 0 radical (unpaired) electrons. The van der Waals surface area contributed by atoms with E-state index in [9.17, 15) is 13.5 Å². The predicted molar refractivity (Wildman–Crippen MR) is 119 cm³/mol. The van der Waals surface area contributed by atoms with E-state index in [-0.39, 0.29) is 17.3 Å². The molecule has 7 nitrogen and oxygen atoms in total. The quantitative estimate of drug-likeness (QED) is 0.539. The van der Waals surface area contributed by atoms with Crippen LogP contribution in [0.3, 0.4) is 0 Å².